The fraction of sp³-hybridized carbons (Fsp3) is 0.917. The van der Waals surface area contributed by atoms with E-state index in [2.05, 4.69) is 6.58 Å². The quantitative estimate of drug-likeness (QED) is 0.100. The van der Waals surface area contributed by atoms with Gasteiger partial charge < -0.3 is 4.74 Å². The summed E-state index contributed by atoms with van der Waals surface area (Å²) in [6.07, 6.45) is 21.7. The maximum Gasteiger partial charge on any atom is 0.219 e. The Balaban J connectivity index is 3.04. The Morgan fingerprint density at radius 1 is 0.679 bits per heavy atom. The molecule has 0 fully saturated rings. The van der Waals surface area contributed by atoms with E-state index in [9.17, 15) is 8.78 Å². The van der Waals surface area contributed by atoms with E-state index in [1.807, 2.05) is 6.92 Å². The van der Waals surface area contributed by atoms with Gasteiger partial charge in [-0.1, -0.05) is 108 Å². The first kappa shape index (κ1) is 27.8. The summed E-state index contributed by atoms with van der Waals surface area (Å²) in [6, 6.07) is 0. The second kappa shape index (κ2) is 20.1. The largest absolute Gasteiger partial charge is 0.377 e. The van der Waals surface area contributed by atoms with E-state index in [0.717, 1.165) is 25.0 Å². The van der Waals surface area contributed by atoms with Crippen molar-refractivity contribution in [3.63, 3.8) is 0 Å². The molecule has 0 heterocycles. The maximum absolute atomic E-state index is 12.7. The molecule has 0 radical (unpaired) electrons. The van der Waals surface area contributed by atoms with Crippen LogP contribution >= 0.6 is 0 Å². The van der Waals surface area contributed by atoms with Gasteiger partial charge in [-0.25, -0.2) is 8.78 Å². The number of alkyl halides is 2. The van der Waals surface area contributed by atoms with Crippen molar-refractivity contribution in [1.82, 2.24) is 0 Å². The minimum Gasteiger partial charge on any atom is -0.377 e. The molecule has 0 aromatic carbocycles. The van der Waals surface area contributed by atoms with E-state index in [1.54, 1.807) is 0 Å². The van der Waals surface area contributed by atoms with Crippen molar-refractivity contribution in [2.75, 3.05) is 13.2 Å². The van der Waals surface area contributed by atoms with Crippen molar-refractivity contribution in [1.29, 1.82) is 0 Å². The molecule has 0 aliphatic rings. The van der Waals surface area contributed by atoms with Crippen LogP contribution in [0.15, 0.2) is 12.2 Å². The van der Waals surface area contributed by atoms with Crippen LogP contribution in [0.3, 0.4) is 0 Å². The summed E-state index contributed by atoms with van der Waals surface area (Å²) in [5, 5.41) is 0. The second-order valence-electron chi connectivity index (χ2n) is 8.84. The standard InChI is InChI=1S/C24H48F2OSi/c1-23(2)22-27-21-19-17-15-13-11-9-7-5-3-4-6-8-10-12-14-16-18-20-24(25,26)28/h1,3-22H2,2,28H3. The van der Waals surface area contributed by atoms with Crippen LogP contribution in [0.2, 0.25) is 0 Å². The zero-order valence-electron chi connectivity index (χ0n) is 19.0. The fourth-order valence-corrected chi connectivity index (χ4v) is 3.89. The van der Waals surface area contributed by atoms with Crippen LogP contribution in [-0.2, 0) is 4.74 Å². The van der Waals surface area contributed by atoms with Crippen molar-refractivity contribution in [2.45, 2.75) is 128 Å². The Morgan fingerprint density at radius 3 is 1.32 bits per heavy atom. The van der Waals surface area contributed by atoms with Crippen LogP contribution in [0.1, 0.15) is 122 Å². The molecular formula is C24H48F2OSi. The average molecular weight is 419 g/mol. The zero-order valence-corrected chi connectivity index (χ0v) is 21.0. The van der Waals surface area contributed by atoms with Gasteiger partial charge in [-0.15, -0.1) is 0 Å². The molecule has 28 heavy (non-hydrogen) atoms. The van der Waals surface area contributed by atoms with Gasteiger partial charge in [-0.2, -0.15) is 0 Å². The van der Waals surface area contributed by atoms with Gasteiger partial charge in [0.25, 0.3) is 0 Å². The molecule has 0 aliphatic heterocycles. The van der Waals surface area contributed by atoms with E-state index >= 15 is 0 Å². The predicted molar refractivity (Wildman–Crippen MR) is 124 cm³/mol. The number of rotatable bonds is 22. The Bertz CT molecular complexity index is 342. The average Bonchev–Trinajstić information content (AvgIpc) is 2.61. The molecule has 0 aromatic rings. The summed E-state index contributed by atoms with van der Waals surface area (Å²) in [7, 11) is 0.00879. The highest BCUT2D eigenvalue weighted by atomic mass is 28.1. The number of ether oxygens (including phenoxy) is 1. The summed E-state index contributed by atoms with van der Waals surface area (Å²) in [5.74, 6) is 0. The van der Waals surface area contributed by atoms with Crippen molar-refractivity contribution in [2.24, 2.45) is 0 Å². The first-order chi connectivity index (χ1) is 13.4. The van der Waals surface area contributed by atoms with E-state index in [-0.39, 0.29) is 16.7 Å². The lowest BCUT2D eigenvalue weighted by Crippen LogP contribution is -2.14. The molecule has 0 bridgehead atoms. The summed E-state index contributed by atoms with van der Waals surface area (Å²) in [6.45, 7) is 7.44. The second-order valence-corrected chi connectivity index (χ2v) is 10.3. The Morgan fingerprint density at radius 2 is 1.00 bits per heavy atom. The molecule has 1 nitrogen and oxygen atoms in total. The molecule has 0 atom stereocenters. The highest BCUT2D eigenvalue weighted by Crippen LogP contribution is 2.19. The lowest BCUT2D eigenvalue weighted by atomic mass is 10.0. The van der Waals surface area contributed by atoms with Gasteiger partial charge in [0.15, 0.2) is 0 Å². The first-order valence-corrected chi connectivity index (χ1v) is 13.0. The van der Waals surface area contributed by atoms with Crippen molar-refractivity contribution in [3.05, 3.63) is 12.2 Å². The van der Waals surface area contributed by atoms with Crippen LogP contribution < -0.4 is 0 Å². The van der Waals surface area contributed by atoms with Gasteiger partial charge in [-0.05, 0) is 19.8 Å². The van der Waals surface area contributed by atoms with E-state index < -0.39 is 5.55 Å². The Labute approximate surface area is 177 Å². The van der Waals surface area contributed by atoms with Crippen LogP contribution in [0.25, 0.3) is 0 Å². The molecule has 0 amide bonds. The van der Waals surface area contributed by atoms with Gasteiger partial charge in [0, 0.05) is 13.0 Å². The normalized spacial score (nSPS) is 12.0. The minimum atomic E-state index is -2.33. The molecule has 0 aromatic heterocycles. The molecule has 0 unspecified atom stereocenters. The Kier molecular flexibility index (Phi) is 19.9. The van der Waals surface area contributed by atoms with Gasteiger partial charge in [0.2, 0.25) is 5.55 Å². The number of hydrogen-bond acceptors (Lipinski definition) is 1. The van der Waals surface area contributed by atoms with Crippen molar-refractivity contribution >= 4 is 10.2 Å². The topological polar surface area (TPSA) is 9.23 Å². The first-order valence-electron chi connectivity index (χ1n) is 12.0. The van der Waals surface area contributed by atoms with Crippen molar-refractivity contribution < 1.29 is 13.5 Å². The predicted octanol–water partition coefficient (Wildman–Crippen LogP) is 7.56. The number of hydrogen-bond donors (Lipinski definition) is 0. The lowest BCUT2D eigenvalue weighted by molar-refractivity contribution is 0.0819. The summed E-state index contributed by atoms with van der Waals surface area (Å²) < 4.78 is 31.0. The van der Waals surface area contributed by atoms with E-state index in [1.165, 1.54) is 89.9 Å². The smallest absolute Gasteiger partial charge is 0.219 e. The lowest BCUT2D eigenvalue weighted by Gasteiger charge is -2.09. The molecule has 0 spiro atoms. The number of halogens is 2. The summed E-state index contributed by atoms with van der Waals surface area (Å²) in [5.41, 5.74) is -1.23. The third-order valence-electron chi connectivity index (χ3n) is 5.25. The van der Waals surface area contributed by atoms with Gasteiger partial charge in [0.1, 0.15) is 0 Å². The molecule has 0 N–H and O–H groups in total. The molecule has 0 rings (SSSR count). The fourth-order valence-electron chi connectivity index (χ4n) is 3.54. The molecule has 168 valence electrons. The summed E-state index contributed by atoms with van der Waals surface area (Å²) >= 11 is 0. The highest BCUT2D eigenvalue weighted by molar-refractivity contribution is 6.13. The van der Waals surface area contributed by atoms with Gasteiger partial charge >= 0.3 is 0 Å². The van der Waals surface area contributed by atoms with Gasteiger partial charge in [0.05, 0.1) is 16.8 Å². The van der Waals surface area contributed by atoms with Crippen molar-refractivity contribution in [3.8, 4) is 0 Å². The minimum absolute atomic E-state index is 0.00879. The maximum atomic E-state index is 12.7. The highest BCUT2D eigenvalue weighted by Gasteiger charge is 2.18. The van der Waals surface area contributed by atoms with Crippen LogP contribution in [0, 0.1) is 0 Å². The zero-order chi connectivity index (χ0) is 20.9. The van der Waals surface area contributed by atoms with E-state index in [4.69, 9.17) is 4.74 Å². The molecule has 4 heteroatoms. The SMILES string of the molecule is C=C(C)COCCCCCCCCCCCCCCCCCCCC(F)(F)[SiH3]. The number of unbranched alkanes of at least 4 members (excludes halogenated alkanes) is 16. The Hall–Kier alpha value is -0.223. The van der Waals surface area contributed by atoms with Gasteiger partial charge in [-0.3, -0.25) is 0 Å². The molecule has 0 aliphatic carbocycles. The third-order valence-corrected chi connectivity index (χ3v) is 5.75. The molecule has 0 saturated heterocycles. The van der Waals surface area contributed by atoms with Crippen LogP contribution in [-0.4, -0.2) is 29.0 Å². The molecule has 0 saturated carbocycles. The van der Waals surface area contributed by atoms with Crippen LogP contribution in [0.5, 0.6) is 0 Å². The summed E-state index contributed by atoms with van der Waals surface area (Å²) in [4.78, 5) is 0. The van der Waals surface area contributed by atoms with Crippen LogP contribution in [0.4, 0.5) is 8.78 Å². The third kappa shape index (κ3) is 25.8. The monoisotopic (exact) mass is 418 g/mol. The molecular weight excluding hydrogens is 370 g/mol. The van der Waals surface area contributed by atoms with E-state index in [0.29, 0.717) is 13.0 Å².